The van der Waals surface area contributed by atoms with Crippen LogP contribution in [0.2, 0.25) is 0 Å². The highest BCUT2D eigenvalue weighted by atomic mass is 32.2. The fraction of sp³-hybridized carbons (Fsp3) is 0.400. The fourth-order valence-electron chi connectivity index (χ4n) is 4.33. The second kappa shape index (κ2) is 10.3. The van der Waals surface area contributed by atoms with Crippen molar-refractivity contribution in [2.45, 2.75) is 24.8 Å². The lowest BCUT2D eigenvalue weighted by Crippen LogP contribution is -2.45. The Bertz CT molecular complexity index is 946. The quantitative estimate of drug-likeness (QED) is 0.634. The Hall–Kier alpha value is -2.64. The molecule has 170 valence electrons. The van der Waals surface area contributed by atoms with E-state index in [9.17, 15) is 4.79 Å². The lowest BCUT2D eigenvalue weighted by Gasteiger charge is -2.35. The molecule has 2 aliphatic heterocycles. The number of benzene rings is 2. The van der Waals surface area contributed by atoms with Gasteiger partial charge in [0, 0.05) is 13.1 Å². The Labute approximate surface area is 193 Å². The number of nitrogens with one attached hydrogen (secondary N) is 1. The summed E-state index contributed by atoms with van der Waals surface area (Å²) >= 11 is 1.58. The van der Waals surface area contributed by atoms with Crippen molar-refractivity contribution in [1.82, 2.24) is 10.2 Å². The van der Waals surface area contributed by atoms with E-state index in [0.29, 0.717) is 28.1 Å². The summed E-state index contributed by atoms with van der Waals surface area (Å²) in [6, 6.07) is 14.4. The van der Waals surface area contributed by atoms with Gasteiger partial charge in [0.2, 0.25) is 5.75 Å². The summed E-state index contributed by atoms with van der Waals surface area (Å²) < 4.78 is 16.2. The first-order chi connectivity index (χ1) is 15.6. The second-order valence-corrected chi connectivity index (χ2v) is 9.20. The highest BCUT2D eigenvalue weighted by molar-refractivity contribution is 8.05. The van der Waals surface area contributed by atoms with Crippen LogP contribution in [0.1, 0.15) is 24.0 Å². The molecule has 0 saturated carbocycles. The molecule has 1 N–H and O–H groups in total. The monoisotopic (exact) mass is 454 g/mol. The van der Waals surface area contributed by atoms with Crippen LogP contribution in [0.25, 0.3) is 6.08 Å². The van der Waals surface area contributed by atoms with Crippen molar-refractivity contribution in [3.05, 3.63) is 58.5 Å². The van der Waals surface area contributed by atoms with Crippen LogP contribution in [0, 0.1) is 5.92 Å². The first-order valence-corrected chi connectivity index (χ1v) is 11.8. The molecule has 0 aliphatic carbocycles. The average Bonchev–Trinajstić information content (AvgIpc) is 3.19. The van der Waals surface area contributed by atoms with Gasteiger partial charge in [-0.1, -0.05) is 42.1 Å². The molecule has 1 unspecified atom stereocenters. The first-order valence-electron chi connectivity index (χ1n) is 10.9. The molecule has 0 spiro atoms. The molecule has 2 aromatic carbocycles. The smallest absolute Gasteiger partial charge is 0.259 e. The van der Waals surface area contributed by atoms with E-state index >= 15 is 0 Å². The summed E-state index contributed by atoms with van der Waals surface area (Å²) in [5, 5.41) is 3.13. The van der Waals surface area contributed by atoms with Crippen LogP contribution in [0.4, 0.5) is 0 Å². The molecule has 6 nitrogen and oxygen atoms in total. The van der Waals surface area contributed by atoms with Gasteiger partial charge in [-0.25, -0.2) is 0 Å². The van der Waals surface area contributed by atoms with Gasteiger partial charge < -0.3 is 19.5 Å². The predicted octanol–water partition coefficient (Wildman–Crippen LogP) is 4.15. The van der Waals surface area contributed by atoms with Crippen LogP contribution in [-0.2, 0) is 11.2 Å². The minimum absolute atomic E-state index is 0.0199. The van der Waals surface area contributed by atoms with E-state index in [-0.39, 0.29) is 11.4 Å². The van der Waals surface area contributed by atoms with Crippen LogP contribution in [-0.4, -0.2) is 50.7 Å². The SMILES string of the molecule is COc1cc(/C=C2/SC(N3CCC(Cc4ccccc4)CC3)NC2=O)cc(OC)c1OC. The number of ether oxygens (including phenoxy) is 3. The van der Waals surface area contributed by atoms with Crippen LogP contribution in [0.3, 0.4) is 0 Å². The summed E-state index contributed by atoms with van der Waals surface area (Å²) in [6.07, 6.45) is 5.30. The maximum atomic E-state index is 12.7. The Kier molecular flexibility index (Phi) is 7.27. The third-order valence-corrected chi connectivity index (χ3v) is 7.25. The molecular formula is C25H30N2O4S. The summed E-state index contributed by atoms with van der Waals surface area (Å²) in [5.41, 5.74) is 2.22. The minimum atomic E-state index is -0.0415. The third kappa shape index (κ3) is 5.05. The molecule has 7 heteroatoms. The number of hydrogen-bond acceptors (Lipinski definition) is 6. The van der Waals surface area contributed by atoms with Gasteiger partial charge >= 0.3 is 0 Å². The maximum Gasteiger partial charge on any atom is 0.259 e. The number of carbonyl (C=O) groups excluding carboxylic acids is 1. The van der Waals surface area contributed by atoms with Crippen LogP contribution < -0.4 is 19.5 Å². The Morgan fingerprint density at radius 2 is 1.69 bits per heavy atom. The summed E-state index contributed by atoms with van der Waals surface area (Å²) in [6.45, 7) is 1.99. The molecule has 32 heavy (non-hydrogen) atoms. The molecular weight excluding hydrogens is 424 g/mol. The van der Waals surface area contributed by atoms with Crippen molar-refractivity contribution in [3.8, 4) is 17.2 Å². The number of likely N-dealkylation sites (tertiary alicyclic amines) is 1. The first kappa shape index (κ1) is 22.6. The van der Waals surface area contributed by atoms with Gasteiger partial charge in [0.15, 0.2) is 11.5 Å². The van der Waals surface area contributed by atoms with Crippen molar-refractivity contribution in [2.24, 2.45) is 5.92 Å². The molecule has 1 amide bonds. The topological polar surface area (TPSA) is 60.0 Å². The zero-order valence-corrected chi connectivity index (χ0v) is 19.6. The molecule has 2 aliphatic rings. The van der Waals surface area contributed by atoms with E-state index in [0.717, 1.165) is 37.9 Å². The number of rotatable bonds is 7. The van der Waals surface area contributed by atoms with E-state index in [4.69, 9.17) is 14.2 Å². The van der Waals surface area contributed by atoms with Crippen molar-refractivity contribution in [2.75, 3.05) is 34.4 Å². The number of methoxy groups -OCH3 is 3. The van der Waals surface area contributed by atoms with Crippen LogP contribution in [0.5, 0.6) is 17.2 Å². The molecule has 2 fully saturated rings. The number of carbonyl (C=O) groups is 1. The molecule has 2 aromatic rings. The van der Waals surface area contributed by atoms with E-state index in [1.165, 1.54) is 5.56 Å². The average molecular weight is 455 g/mol. The maximum absolute atomic E-state index is 12.7. The largest absolute Gasteiger partial charge is 0.493 e. The highest BCUT2D eigenvalue weighted by Crippen LogP contribution is 2.40. The van der Waals surface area contributed by atoms with Crippen LogP contribution in [0.15, 0.2) is 47.4 Å². The Morgan fingerprint density at radius 3 is 2.28 bits per heavy atom. The van der Waals surface area contributed by atoms with Gasteiger partial charge in [-0.3, -0.25) is 9.69 Å². The fourth-order valence-corrected chi connectivity index (χ4v) is 5.46. The minimum Gasteiger partial charge on any atom is -0.493 e. The number of thioether (sulfide) groups is 1. The summed E-state index contributed by atoms with van der Waals surface area (Å²) in [7, 11) is 4.75. The second-order valence-electron chi connectivity index (χ2n) is 8.08. The predicted molar refractivity (Wildman–Crippen MR) is 128 cm³/mol. The number of hydrogen-bond donors (Lipinski definition) is 1. The summed E-state index contributed by atoms with van der Waals surface area (Å²) in [5.74, 6) is 2.33. The molecule has 2 heterocycles. The molecule has 0 aromatic heterocycles. The van der Waals surface area contributed by atoms with E-state index < -0.39 is 0 Å². The molecule has 0 bridgehead atoms. The highest BCUT2D eigenvalue weighted by Gasteiger charge is 2.34. The number of piperidine rings is 1. The van der Waals surface area contributed by atoms with E-state index in [1.54, 1.807) is 33.1 Å². The van der Waals surface area contributed by atoms with E-state index in [1.807, 2.05) is 18.2 Å². The van der Waals surface area contributed by atoms with Crippen molar-refractivity contribution >= 4 is 23.7 Å². The number of nitrogens with zero attached hydrogens (tertiary/aromatic N) is 1. The lowest BCUT2D eigenvalue weighted by atomic mass is 9.90. The van der Waals surface area contributed by atoms with Crippen molar-refractivity contribution < 1.29 is 19.0 Å². The van der Waals surface area contributed by atoms with Crippen molar-refractivity contribution in [3.63, 3.8) is 0 Å². The standard InChI is InChI=1S/C25H30N2O4S/c1-29-20-14-19(15-21(30-2)23(20)31-3)16-22-24(28)26-25(32-22)27-11-9-18(10-12-27)13-17-7-5-4-6-8-17/h4-8,14-16,18,25H,9-13H2,1-3H3,(H,26,28)/b22-16+. The normalized spacial score (nSPS) is 20.9. The zero-order valence-electron chi connectivity index (χ0n) is 18.8. The molecule has 2 saturated heterocycles. The molecule has 4 rings (SSSR count). The number of amides is 1. The lowest BCUT2D eigenvalue weighted by molar-refractivity contribution is -0.117. The van der Waals surface area contributed by atoms with Crippen molar-refractivity contribution in [1.29, 1.82) is 0 Å². The van der Waals surface area contributed by atoms with Gasteiger partial charge in [-0.2, -0.15) is 0 Å². The molecule has 1 atom stereocenters. The van der Waals surface area contributed by atoms with Gasteiger partial charge in [-0.05, 0) is 54.5 Å². The third-order valence-electron chi connectivity index (χ3n) is 6.05. The summed E-state index contributed by atoms with van der Waals surface area (Å²) in [4.78, 5) is 15.7. The van der Waals surface area contributed by atoms with Crippen LogP contribution >= 0.6 is 11.8 Å². The Morgan fingerprint density at radius 1 is 1.03 bits per heavy atom. The van der Waals surface area contributed by atoms with E-state index in [2.05, 4.69) is 40.5 Å². The zero-order chi connectivity index (χ0) is 22.5. The van der Waals surface area contributed by atoms with Gasteiger partial charge in [0.1, 0.15) is 5.50 Å². The molecule has 0 radical (unpaired) electrons. The van der Waals surface area contributed by atoms with Gasteiger partial charge in [0.05, 0.1) is 26.2 Å². The van der Waals surface area contributed by atoms with Gasteiger partial charge in [-0.15, -0.1) is 0 Å². The van der Waals surface area contributed by atoms with Gasteiger partial charge in [0.25, 0.3) is 5.91 Å². The Balaban J connectivity index is 1.40.